The van der Waals surface area contributed by atoms with Crippen molar-refractivity contribution >= 4 is 35.8 Å². The van der Waals surface area contributed by atoms with Crippen LogP contribution < -0.4 is 10.6 Å². The molecule has 30 heavy (non-hydrogen) atoms. The average Bonchev–Trinajstić information content (AvgIpc) is 3.51. The third kappa shape index (κ3) is 6.35. The summed E-state index contributed by atoms with van der Waals surface area (Å²) in [6.07, 6.45) is 7.23. The average molecular weight is 531 g/mol. The maximum absolute atomic E-state index is 12.7. The van der Waals surface area contributed by atoms with Gasteiger partial charge in [0, 0.05) is 38.6 Å². The van der Waals surface area contributed by atoms with E-state index < -0.39 is 0 Å². The van der Waals surface area contributed by atoms with Crippen LogP contribution in [0.25, 0.3) is 0 Å². The number of carbonyl (C=O) groups is 1. The van der Waals surface area contributed by atoms with Crippen molar-refractivity contribution in [3.8, 4) is 0 Å². The fraction of sp³-hybridized carbons (Fsp3) is 0.727. The molecule has 3 rings (SSSR count). The number of hydrogen-bond donors (Lipinski definition) is 2. The zero-order valence-electron chi connectivity index (χ0n) is 18.6. The van der Waals surface area contributed by atoms with E-state index in [9.17, 15) is 4.79 Å². The van der Waals surface area contributed by atoms with Gasteiger partial charge in [0.05, 0.1) is 12.3 Å². The number of furan rings is 1. The Morgan fingerprint density at radius 1 is 1.30 bits per heavy atom. The van der Waals surface area contributed by atoms with Crippen LogP contribution in [0.3, 0.4) is 0 Å². The molecular weight excluding hydrogens is 493 g/mol. The van der Waals surface area contributed by atoms with Gasteiger partial charge in [0.15, 0.2) is 5.96 Å². The summed E-state index contributed by atoms with van der Waals surface area (Å²) in [5.74, 6) is 2.36. The molecule has 1 amide bonds. The molecule has 0 aromatic carbocycles. The molecule has 8 heteroatoms. The highest BCUT2D eigenvalue weighted by Gasteiger charge is 2.32. The molecule has 1 saturated heterocycles. The van der Waals surface area contributed by atoms with Gasteiger partial charge in [-0.05, 0) is 44.5 Å². The first-order chi connectivity index (χ1) is 14.2. The van der Waals surface area contributed by atoms with Gasteiger partial charge in [-0.15, -0.1) is 24.0 Å². The van der Waals surface area contributed by atoms with Gasteiger partial charge in [0.25, 0.3) is 0 Å². The molecule has 0 spiro atoms. The molecule has 170 valence electrons. The van der Waals surface area contributed by atoms with Crippen LogP contribution in [0, 0.1) is 5.92 Å². The molecule has 2 fully saturated rings. The maximum Gasteiger partial charge on any atom is 0.225 e. The molecule has 7 nitrogen and oxygen atoms in total. The second kappa shape index (κ2) is 12.5. The Kier molecular flexibility index (Phi) is 10.4. The molecular formula is C22H38IN5O2. The van der Waals surface area contributed by atoms with Gasteiger partial charge in [0.2, 0.25) is 5.91 Å². The van der Waals surface area contributed by atoms with Crippen molar-refractivity contribution in [2.45, 2.75) is 58.0 Å². The SMILES string of the molecule is CCN(CC)C(CNC(=NC)NC1CCN(C(=O)C2CCCC2)C1)c1ccco1.I. The van der Waals surface area contributed by atoms with Crippen LogP contribution in [0.15, 0.2) is 27.8 Å². The fourth-order valence-electron chi connectivity index (χ4n) is 4.65. The fourth-order valence-corrected chi connectivity index (χ4v) is 4.65. The van der Waals surface area contributed by atoms with E-state index in [0.29, 0.717) is 12.5 Å². The Morgan fingerprint density at radius 3 is 2.63 bits per heavy atom. The van der Waals surface area contributed by atoms with E-state index in [2.05, 4.69) is 34.4 Å². The Bertz CT molecular complexity index is 656. The number of rotatable bonds is 8. The predicted molar refractivity (Wildman–Crippen MR) is 131 cm³/mol. The van der Waals surface area contributed by atoms with Crippen LogP contribution in [0.1, 0.15) is 57.8 Å². The summed E-state index contributed by atoms with van der Waals surface area (Å²) in [6, 6.07) is 4.38. The highest BCUT2D eigenvalue weighted by Crippen LogP contribution is 2.28. The molecule has 1 aromatic heterocycles. The van der Waals surface area contributed by atoms with Crippen LogP contribution >= 0.6 is 24.0 Å². The molecule has 1 aliphatic carbocycles. The van der Waals surface area contributed by atoms with Crippen molar-refractivity contribution in [3.63, 3.8) is 0 Å². The van der Waals surface area contributed by atoms with Crippen LogP contribution in [0.4, 0.5) is 0 Å². The number of hydrogen-bond acceptors (Lipinski definition) is 4. The van der Waals surface area contributed by atoms with E-state index in [1.165, 1.54) is 12.8 Å². The van der Waals surface area contributed by atoms with E-state index in [1.807, 2.05) is 17.0 Å². The first-order valence-electron chi connectivity index (χ1n) is 11.2. The van der Waals surface area contributed by atoms with Crippen LogP contribution in [-0.4, -0.2) is 67.5 Å². The standard InChI is InChI=1S/C22H37N5O2.HI/c1-4-26(5-2)19(20-11-8-14-29-20)15-24-22(23-3)25-18-12-13-27(16-18)21(28)17-9-6-7-10-17;/h8,11,14,17-19H,4-7,9-10,12-13,15-16H2,1-3H3,(H2,23,24,25);1H. The second-order valence-electron chi connectivity index (χ2n) is 8.10. The lowest BCUT2D eigenvalue weighted by Crippen LogP contribution is -2.47. The van der Waals surface area contributed by atoms with Gasteiger partial charge < -0.3 is 20.0 Å². The number of amides is 1. The summed E-state index contributed by atoms with van der Waals surface area (Å²) in [4.78, 5) is 21.5. The minimum absolute atomic E-state index is 0. The van der Waals surface area contributed by atoms with Crippen molar-refractivity contribution in [2.75, 3.05) is 39.8 Å². The smallest absolute Gasteiger partial charge is 0.225 e. The van der Waals surface area contributed by atoms with Crippen LogP contribution in [-0.2, 0) is 4.79 Å². The molecule has 2 unspecified atom stereocenters. The van der Waals surface area contributed by atoms with Crippen molar-refractivity contribution in [1.82, 2.24) is 20.4 Å². The largest absolute Gasteiger partial charge is 0.468 e. The molecule has 2 heterocycles. The van der Waals surface area contributed by atoms with E-state index in [-0.39, 0.29) is 42.0 Å². The van der Waals surface area contributed by atoms with E-state index in [4.69, 9.17) is 4.42 Å². The lowest BCUT2D eigenvalue weighted by Gasteiger charge is -2.29. The zero-order valence-corrected chi connectivity index (χ0v) is 20.9. The number of nitrogens with zero attached hydrogens (tertiary/aromatic N) is 3. The van der Waals surface area contributed by atoms with Gasteiger partial charge in [-0.2, -0.15) is 0 Å². The molecule has 0 bridgehead atoms. The summed E-state index contributed by atoms with van der Waals surface area (Å²) >= 11 is 0. The first-order valence-corrected chi connectivity index (χ1v) is 11.2. The number of carbonyl (C=O) groups excluding carboxylic acids is 1. The number of likely N-dealkylation sites (N-methyl/N-ethyl adjacent to an activating group) is 1. The summed E-state index contributed by atoms with van der Waals surface area (Å²) in [6.45, 7) is 8.58. The summed E-state index contributed by atoms with van der Waals surface area (Å²) in [5.41, 5.74) is 0. The second-order valence-corrected chi connectivity index (χ2v) is 8.10. The molecule has 0 radical (unpaired) electrons. The molecule has 2 N–H and O–H groups in total. The van der Waals surface area contributed by atoms with Crippen molar-refractivity contribution in [3.05, 3.63) is 24.2 Å². The van der Waals surface area contributed by atoms with E-state index in [1.54, 1.807) is 13.3 Å². The number of aliphatic imine (C=N–C) groups is 1. The van der Waals surface area contributed by atoms with Crippen molar-refractivity contribution in [2.24, 2.45) is 10.9 Å². The van der Waals surface area contributed by atoms with Gasteiger partial charge in [-0.3, -0.25) is 14.7 Å². The molecule has 2 aliphatic rings. The normalized spacial score (nSPS) is 21.0. The minimum Gasteiger partial charge on any atom is -0.468 e. The topological polar surface area (TPSA) is 73.1 Å². The lowest BCUT2D eigenvalue weighted by molar-refractivity contribution is -0.134. The van der Waals surface area contributed by atoms with Crippen molar-refractivity contribution in [1.29, 1.82) is 0 Å². The number of nitrogens with one attached hydrogen (secondary N) is 2. The van der Waals surface area contributed by atoms with Crippen LogP contribution in [0.2, 0.25) is 0 Å². The summed E-state index contributed by atoms with van der Waals surface area (Å²) < 4.78 is 5.68. The molecule has 2 atom stereocenters. The molecule has 1 aromatic rings. The minimum atomic E-state index is 0. The quantitative estimate of drug-likeness (QED) is 0.306. The molecule has 1 aliphatic heterocycles. The molecule has 1 saturated carbocycles. The Labute approximate surface area is 198 Å². The van der Waals surface area contributed by atoms with E-state index in [0.717, 1.165) is 57.2 Å². The third-order valence-corrected chi connectivity index (χ3v) is 6.36. The monoisotopic (exact) mass is 531 g/mol. The third-order valence-electron chi connectivity index (χ3n) is 6.36. The Balaban J connectivity index is 0.00000320. The first kappa shape index (κ1) is 25.0. The summed E-state index contributed by atoms with van der Waals surface area (Å²) in [7, 11) is 1.80. The summed E-state index contributed by atoms with van der Waals surface area (Å²) in [5, 5.41) is 6.98. The maximum atomic E-state index is 12.7. The van der Waals surface area contributed by atoms with Gasteiger partial charge in [-0.1, -0.05) is 26.7 Å². The lowest BCUT2D eigenvalue weighted by atomic mass is 10.1. The number of halogens is 1. The number of likely N-dealkylation sites (tertiary alicyclic amines) is 1. The number of guanidine groups is 1. The van der Waals surface area contributed by atoms with Gasteiger partial charge in [0.1, 0.15) is 5.76 Å². The highest BCUT2D eigenvalue weighted by atomic mass is 127. The zero-order chi connectivity index (χ0) is 20.6. The van der Waals surface area contributed by atoms with Gasteiger partial charge in [-0.25, -0.2) is 0 Å². The van der Waals surface area contributed by atoms with E-state index >= 15 is 0 Å². The van der Waals surface area contributed by atoms with Gasteiger partial charge >= 0.3 is 0 Å². The Hall–Kier alpha value is -1.29. The Morgan fingerprint density at radius 2 is 2.03 bits per heavy atom. The van der Waals surface area contributed by atoms with Crippen molar-refractivity contribution < 1.29 is 9.21 Å². The van der Waals surface area contributed by atoms with Crippen LogP contribution in [0.5, 0.6) is 0 Å². The highest BCUT2D eigenvalue weighted by molar-refractivity contribution is 14.0. The predicted octanol–water partition coefficient (Wildman–Crippen LogP) is 3.24.